The third-order valence-corrected chi connectivity index (χ3v) is 8.60. The molecule has 0 aliphatic carbocycles. The van der Waals surface area contributed by atoms with Crippen LogP contribution in [0.4, 0.5) is 0 Å². The molecule has 1 unspecified atom stereocenters. The van der Waals surface area contributed by atoms with E-state index < -0.39 is 33.9 Å². The molecule has 1 aliphatic rings. The van der Waals surface area contributed by atoms with Crippen LogP contribution in [0.25, 0.3) is 0 Å². The number of alkyl halides is 2. The lowest BCUT2D eigenvalue weighted by molar-refractivity contribution is -0.363. The second kappa shape index (κ2) is 16.1. The quantitative estimate of drug-likeness (QED) is 0.140. The first-order chi connectivity index (χ1) is 21.0. The number of benzene rings is 4. The second-order valence-corrected chi connectivity index (χ2v) is 13.5. The van der Waals surface area contributed by atoms with Crippen molar-refractivity contribution in [3.05, 3.63) is 144 Å². The van der Waals surface area contributed by atoms with E-state index >= 15 is 0 Å². The van der Waals surface area contributed by atoms with Gasteiger partial charge < -0.3 is 28.8 Å². The molecule has 5 atom stereocenters. The summed E-state index contributed by atoms with van der Waals surface area (Å²) in [5.74, 6) is -1.82. The molecule has 4 aromatic rings. The van der Waals surface area contributed by atoms with Gasteiger partial charge >= 0.3 is 0 Å². The Morgan fingerprint density at radius 2 is 0.977 bits per heavy atom. The summed E-state index contributed by atoms with van der Waals surface area (Å²) in [4.78, 5) is 0. The maximum atomic E-state index is 12.1. The van der Waals surface area contributed by atoms with Gasteiger partial charge in [0.2, 0.25) is 5.79 Å². The standard InChI is InChI=1S/C35H36Br2O6/c36-34(37)35(38)33(42-24-29-19-11-4-12-20-29)32(41-23-28-17-9-3-10-18-28)31(40-22-27-15-7-2-8-16-27)30(43-35)25-39-21-26-13-5-1-6-14-26/h1-20,30-34,38H,21-25H2/t30-,31-,32+,33-,35?/m1/s1. The summed E-state index contributed by atoms with van der Waals surface area (Å²) in [7, 11) is 0. The Labute approximate surface area is 270 Å². The Balaban J connectivity index is 1.45. The second-order valence-electron chi connectivity index (χ2n) is 10.4. The van der Waals surface area contributed by atoms with Crippen molar-refractivity contribution in [3.8, 4) is 0 Å². The summed E-state index contributed by atoms with van der Waals surface area (Å²) in [6.07, 6.45) is -2.94. The predicted molar refractivity (Wildman–Crippen MR) is 173 cm³/mol. The summed E-state index contributed by atoms with van der Waals surface area (Å²) in [5, 5.41) is 12.1. The number of aliphatic hydroxyl groups is 1. The van der Waals surface area contributed by atoms with Crippen LogP contribution in [-0.4, -0.2) is 45.7 Å². The highest BCUT2D eigenvalue weighted by Crippen LogP contribution is 2.41. The monoisotopic (exact) mass is 710 g/mol. The van der Waals surface area contributed by atoms with Crippen LogP contribution in [0.1, 0.15) is 22.3 Å². The van der Waals surface area contributed by atoms with Crippen molar-refractivity contribution in [2.24, 2.45) is 0 Å². The highest BCUT2D eigenvalue weighted by Gasteiger charge is 2.58. The maximum absolute atomic E-state index is 12.1. The van der Waals surface area contributed by atoms with Crippen LogP contribution < -0.4 is 0 Å². The van der Waals surface area contributed by atoms with Gasteiger partial charge in [0.05, 0.1) is 33.0 Å². The lowest BCUT2D eigenvalue weighted by Gasteiger charge is -2.51. The van der Waals surface area contributed by atoms with E-state index in [0.717, 1.165) is 22.3 Å². The average Bonchev–Trinajstić information content (AvgIpc) is 3.04. The first-order valence-corrected chi connectivity index (χ1v) is 16.1. The van der Waals surface area contributed by atoms with E-state index in [1.54, 1.807) is 0 Å². The van der Waals surface area contributed by atoms with Crippen LogP contribution in [0.5, 0.6) is 0 Å². The van der Waals surface area contributed by atoms with Gasteiger partial charge in [0.25, 0.3) is 0 Å². The van der Waals surface area contributed by atoms with E-state index in [4.69, 9.17) is 23.7 Å². The van der Waals surface area contributed by atoms with Gasteiger partial charge in [-0.3, -0.25) is 0 Å². The Kier molecular flexibility index (Phi) is 12.0. The molecule has 226 valence electrons. The number of ether oxygens (including phenoxy) is 5. The molecule has 0 spiro atoms. The van der Waals surface area contributed by atoms with Crippen molar-refractivity contribution in [2.75, 3.05) is 6.61 Å². The minimum atomic E-state index is -1.82. The van der Waals surface area contributed by atoms with Crippen molar-refractivity contribution < 1.29 is 28.8 Å². The third kappa shape index (κ3) is 8.84. The molecular weight excluding hydrogens is 676 g/mol. The minimum Gasteiger partial charge on any atom is -0.374 e. The van der Waals surface area contributed by atoms with Crippen LogP contribution in [0.15, 0.2) is 121 Å². The lowest BCUT2D eigenvalue weighted by atomic mass is 9.92. The zero-order valence-corrected chi connectivity index (χ0v) is 26.9. The van der Waals surface area contributed by atoms with E-state index in [1.165, 1.54) is 0 Å². The molecule has 1 aliphatic heterocycles. The smallest absolute Gasteiger partial charge is 0.218 e. The fourth-order valence-corrected chi connectivity index (χ4v) is 5.80. The number of rotatable bonds is 14. The van der Waals surface area contributed by atoms with Crippen molar-refractivity contribution >= 4 is 31.9 Å². The van der Waals surface area contributed by atoms with Gasteiger partial charge in [0.1, 0.15) is 28.2 Å². The fourth-order valence-electron chi connectivity index (χ4n) is 5.06. The molecule has 1 saturated heterocycles. The molecule has 1 fully saturated rings. The lowest BCUT2D eigenvalue weighted by Crippen LogP contribution is -2.69. The fraction of sp³-hybridized carbons (Fsp3) is 0.314. The Bertz CT molecular complexity index is 1350. The normalized spacial score (nSPS) is 23.8. The van der Waals surface area contributed by atoms with Crippen LogP contribution in [0.2, 0.25) is 0 Å². The molecule has 6 nitrogen and oxygen atoms in total. The molecule has 4 aromatic carbocycles. The van der Waals surface area contributed by atoms with Gasteiger partial charge in [-0.25, -0.2) is 0 Å². The summed E-state index contributed by atoms with van der Waals surface area (Å²) < 4.78 is 31.6. The van der Waals surface area contributed by atoms with Crippen LogP contribution in [-0.2, 0) is 50.1 Å². The largest absolute Gasteiger partial charge is 0.374 e. The first-order valence-electron chi connectivity index (χ1n) is 14.3. The average molecular weight is 712 g/mol. The van der Waals surface area contributed by atoms with Crippen molar-refractivity contribution in [1.82, 2.24) is 0 Å². The van der Waals surface area contributed by atoms with Gasteiger partial charge in [-0.1, -0.05) is 153 Å². The summed E-state index contributed by atoms with van der Waals surface area (Å²) in [6.45, 7) is 1.42. The SMILES string of the molecule is OC1(C(Br)Br)O[C@H](COCc2ccccc2)[C@@H](OCc2ccccc2)[C@H](OCc2ccccc2)[C@H]1OCc1ccccc1. The maximum Gasteiger partial charge on any atom is 0.218 e. The van der Waals surface area contributed by atoms with Crippen molar-refractivity contribution in [1.29, 1.82) is 0 Å². The molecule has 5 rings (SSSR count). The van der Waals surface area contributed by atoms with Crippen molar-refractivity contribution in [2.45, 2.75) is 60.4 Å². The molecule has 0 bridgehead atoms. The van der Waals surface area contributed by atoms with Gasteiger partial charge in [-0.15, -0.1) is 0 Å². The highest BCUT2D eigenvalue weighted by molar-refractivity contribution is 9.24. The van der Waals surface area contributed by atoms with Crippen molar-refractivity contribution in [3.63, 3.8) is 0 Å². The molecule has 0 radical (unpaired) electrons. The number of hydrogen-bond donors (Lipinski definition) is 1. The molecule has 43 heavy (non-hydrogen) atoms. The molecule has 0 saturated carbocycles. The number of halogens is 2. The molecule has 0 amide bonds. The molecule has 1 N–H and O–H groups in total. The summed E-state index contributed by atoms with van der Waals surface area (Å²) in [6, 6.07) is 39.6. The van der Waals surface area contributed by atoms with Gasteiger partial charge in [0, 0.05) is 0 Å². The zero-order chi connectivity index (χ0) is 29.9. The van der Waals surface area contributed by atoms with E-state index in [-0.39, 0.29) is 13.2 Å². The molecular formula is C35H36Br2O6. The number of hydrogen-bond acceptors (Lipinski definition) is 6. The van der Waals surface area contributed by atoms with E-state index in [0.29, 0.717) is 19.8 Å². The van der Waals surface area contributed by atoms with Gasteiger partial charge in [0.15, 0.2) is 0 Å². The Morgan fingerprint density at radius 1 is 0.581 bits per heavy atom. The minimum absolute atomic E-state index is 0.167. The van der Waals surface area contributed by atoms with Crippen LogP contribution in [0, 0.1) is 0 Å². The first kappa shape index (κ1) is 32.0. The Morgan fingerprint density at radius 3 is 1.42 bits per heavy atom. The predicted octanol–water partition coefficient (Wildman–Crippen LogP) is 7.16. The van der Waals surface area contributed by atoms with Crippen LogP contribution >= 0.6 is 31.9 Å². The molecule has 8 heteroatoms. The summed E-state index contributed by atoms with van der Waals surface area (Å²) >= 11 is 7.07. The van der Waals surface area contributed by atoms with E-state index in [1.807, 2.05) is 121 Å². The van der Waals surface area contributed by atoms with Gasteiger partial charge in [-0.05, 0) is 22.3 Å². The third-order valence-electron chi connectivity index (χ3n) is 7.29. The molecule has 0 aromatic heterocycles. The Hall–Kier alpha value is -2.40. The van der Waals surface area contributed by atoms with Gasteiger partial charge in [-0.2, -0.15) is 0 Å². The van der Waals surface area contributed by atoms with E-state index in [2.05, 4.69) is 31.9 Å². The topological polar surface area (TPSA) is 66.4 Å². The highest BCUT2D eigenvalue weighted by atomic mass is 79.9. The zero-order valence-electron chi connectivity index (χ0n) is 23.7. The van der Waals surface area contributed by atoms with Crippen LogP contribution in [0.3, 0.4) is 0 Å². The summed E-state index contributed by atoms with van der Waals surface area (Å²) in [5.41, 5.74) is 4.00. The van der Waals surface area contributed by atoms with E-state index in [9.17, 15) is 5.11 Å². The molecule has 1 heterocycles.